The Hall–Kier alpha value is -0.132. The molecule has 0 aromatic heterocycles. The predicted molar refractivity (Wildman–Crippen MR) is 76.1 cm³/mol. The van der Waals surface area contributed by atoms with Crippen molar-refractivity contribution in [2.75, 3.05) is 13.2 Å². The van der Waals surface area contributed by atoms with Crippen molar-refractivity contribution in [3.63, 3.8) is 0 Å². The van der Waals surface area contributed by atoms with Gasteiger partial charge in [-0.15, -0.1) is 0 Å². The number of aliphatic hydroxyl groups excluding tert-OH is 7. The van der Waals surface area contributed by atoms with E-state index in [0.29, 0.717) is 6.29 Å². The van der Waals surface area contributed by atoms with Crippen LogP contribution in [0.4, 0.5) is 0 Å². The van der Waals surface area contributed by atoms with E-state index in [0.717, 1.165) is 16.9 Å². The molecule has 1 unspecified atom stereocenters. The van der Waals surface area contributed by atoms with Crippen LogP contribution in [0.5, 0.6) is 0 Å². The van der Waals surface area contributed by atoms with Crippen LogP contribution in [0.15, 0.2) is 0 Å². The monoisotopic (exact) mass is 402 g/mol. The van der Waals surface area contributed by atoms with E-state index in [1.165, 1.54) is 0 Å². The molecule has 1 rings (SSSR count). The van der Waals surface area contributed by atoms with Crippen LogP contribution in [0.2, 0.25) is 4.71 Å². The van der Waals surface area contributed by atoms with Crippen LogP contribution in [0.25, 0.3) is 0 Å². The van der Waals surface area contributed by atoms with E-state index in [4.69, 9.17) is 19.7 Å². The fourth-order valence-electron chi connectivity index (χ4n) is 2.14. The summed E-state index contributed by atoms with van der Waals surface area (Å²) in [6, 6.07) is 0. The zero-order valence-corrected chi connectivity index (χ0v) is 14.5. The zero-order valence-electron chi connectivity index (χ0n) is 12.1. The van der Waals surface area contributed by atoms with Gasteiger partial charge in [0.05, 0.1) is 0 Å². The molecule has 0 spiro atoms. The van der Waals surface area contributed by atoms with Gasteiger partial charge in [-0.1, -0.05) is 0 Å². The summed E-state index contributed by atoms with van der Waals surface area (Å²) in [7, 11) is 0. The molecule has 0 radical (unpaired) electrons. The summed E-state index contributed by atoms with van der Waals surface area (Å²) >= 11 is 0.859. The Labute approximate surface area is 140 Å². The number of carbonyl (C=O) groups excluding carboxylic acids is 1. The third-order valence-corrected chi connectivity index (χ3v) is 4.72. The van der Waals surface area contributed by atoms with Gasteiger partial charge in [-0.05, 0) is 0 Å². The second-order valence-corrected chi connectivity index (χ2v) is 6.87. The van der Waals surface area contributed by atoms with Crippen molar-refractivity contribution in [3.05, 3.63) is 0 Å². The summed E-state index contributed by atoms with van der Waals surface area (Å²) in [6.45, 7) is -1.45. The van der Waals surface area contributed by atoms with Gasteiger partial charge in [-0.25, -0.2) is 0 Å². The van der Waals surface area contributed by atoms with Gasteiger partial charge < -0.3 is 0 Å². The van der Waals surface area contributed by atoms with E-state index < -0.39 is 66.9 Å². The normalized spacial score (nSPS) is 37.0. The fraction of sp³-hybridized carbons (Fsp3) is 0.917. The molecule has 0 aromatic carbocycles. The maximum absolute atomic E-state index is 11.0. The zero-order chi connectivity index (χ0) is 17.7. The van der Waals surface area contributed by atoms with Gasteiger partial charge in [0.25, 0.3) is 0 Å². The molecule has 7 N–H and O–H groups in total. The van der Waals surface area contributed by atoms with Crippen LogP contribution in [0.3, 0.4) is 0 Å². The predicted octanol–water partition coefficient (Wildman–Crippen LogP) is -5.49. The van der Waals surface area contributed by atoms with Crippen LogP contribution < -0.4 is 0 Å². The van der Waals surface area contributed by atoms with Crippen LogP contribution in [-0.2, 0) is 14.3 Å². The quantitative estimate of drug-likeness (QED) is 0.153. The molecule has 1 heterocycles. The van der Waals surface area contributed by atoms with Crippen molar-refractivity contribution in [2.24, 2.45) is 0 Å². The topological polar surface area (TPSA) is 177 Å². The van der Waals surface area contributed by atoms with Crippen molar-refractivity contribution in [1.82, 2.24) is 0 Å². The number of hydrogen-bond donors (Lipinski definition) is 7. The number of hydrogen-bond acceptors (Lipinski definition) is 10. The molecule has 10 nitrogen and oxygen atoms in total. The van der Waals surface area contributed by atoms with E-state index in [9.17, 15) is 30.3 Å². The second-order valence-electron chi connectivity index (χ2n) is 5.25. The third kappa shape index (κ3) is 4.92. The molecular formula is C12H23AsO10. The molecule has 136 valence electrons. The van der Waals surface area contributed by atoms with Crippen LogP contribution in [-0.4, -0.2) is 121 Å². The van der Waals surface area contributed by atoms with E-state index in [2.05, 4.69) is 0 Å². The molecule has 10 atom stereocenters. The summed E-state index contributed by atoms with van der Waals surface area (Å²) in [6.07, 6.45) is -11.9. The molecular weight excluding hydrogens is 379 g/mol. The summed E-state index contributed by atoms with van der Waals surface area (Å²) < 4.78 is 9.54. The third-order valence-electron chi connectivity index (χ3n) is 3.59. The van der Waals surface area contributed by atoms with Crippen LogP contribution in [0.1, 0.15) is 0 Å². The molecule has 0 bridgehead atoms. The number of rotatable bonds is 8. The van der Waals surface area contributed by atoms with Crippen molar-refractivity contribution >= 4 is 23.1 Å². The molecule has 0 saturated carbocycles. The molecule has 23 heavy (non-hydrogen) atoms. The molecule has 1 fully saturated rings. The van der Waals surface area contributed by atoms with Gasteiger partial charge in [0.1, 0.15) is 0 Å². The average Bonchev–Trinajstić information content (AvgIpc) is 2.57. The average molecular weight is 402 g/mol. The molecule has 1 aliphatic heterocycles. The van der Waals surface area contributed by atoms with E-state index in [-0.39, 0.29) is 0 Å². The standard InChI is InChI=1S/C12H23AsO10/c13-4(1-14)11(7(18)5(17)2-15)23-12-10(21)9(20)8(19)6(3-16)22-12/h1,4-12,15-21H,2-3,13H2/t4-,5+,6+,7-,8+,9-,10+,11+,12-/m0/s1. The fourth-order valence-corrected chi connectivity index (χ4v) is 2.81. The van der Waals surface area contributed by atoms with E-state index in [1.807, 2.05) is 0 Å². The first kappa shape index (κ1) is 20.9. The number of aldehydes is 1. The number of aliphatic hydroxyl groups is 7. The molecule has 0 aromatic rings. The van der Waals surface area contributed by atoms with E-state index in [1.54, 1.807) is 0 Å². The van der Waals surface area contributed by atoms with Crippen molar-refractivity contribution in [3.8, 4) is 0 Å². The molecule has 0 amide bonds. The van der Waals surface area contributed by atoms with Gasteiger partial charge in [0, 0.05) is 0 Å². The van der Waals surface area contributed by atoms with Crippen LogP contribution >= 0.6 is 0 Å². The SMILES string of the molecule is O=C[C@H]([AsH2])[C@@H](O[C@@H]1O[C@H](CO)[C@@H](O)[C@H](O)[C@H]1O)[C@@H](O)[C@H](O)CO. The second kappa shape index (κ2) is 9.38. The van der Waals surface area contributed by atoms with E-state index >= 15 is 0 Å². The number of carbonyl (C=O) groups is 1. The van der Waals surface area contributed by atoms with Gasteiger partial charge in [0.15, 0.2) is 0 Å². The Kier molecular flexibility index (Phi) is 8.53. The molecule has 0 aliphatic carbocycles. The van der Waals surface area contributed by atoms with Crippen molar-refractivity contribution < 1.29 is 50.0 Å². The molecule has 1 saturated heterocycles. The Morgan fingerprint density at radius 2 is 1.74 bits per heavy atom. The summed E-state index contributed by atoms with van der Waals surface area (Å²) in [5.74, 6) is 0. The molecule has 11 heteroatoms. The minimum absolute atomic E-state index is 0.460. The van der Waals surface area contributed by atoms with Crippen molar-refractivity contribution in [2.45, 2.75) is 53.7 Å². The molecule has 1 aliphatic rings. The van der Waals surface area contributed by atoms with Gasteiger partial charge in [0.2, 0.25) is 0 Å². The summed E-state index contributed by atoms with van der Waals surface area (Å²) in [5, 5.41) is 66.7. The Morgan fingerprint density at radius 3 is 2.22 bits per heavy atom. The maximum atomic E-state index is 11.0. The van der Waals surface area contributed by atoms with Crippen molar-refractivity contribution in [1.29, 1.82) is 0 Å². The first-order valence-electron chi connectivity index (χ1n) is 6.92. The Balaban J connectivity index is 2.91. The summed E-state index contributed by atoms with van der Waals surface area (Å²) in [4.78, 5) is 11.0. The van der Waals surface area contributed by atoms with Gasteiger partial charge >= 0.3 is 140 Å². The summed E-state index contributed by atoms with van der Waals surface area (Å²) in [5.41, 5.74) is 0. The number of ether oxygens (including phenoxy) is 2. The first-order chi connectivity index (χ1) is 10.8. The first-order valence-corrected chi connectivity index (χ1v) is 8.32. The Bertz CT molecular complexity index is 370. The Morgan fingerprint density at radius 1 is 1.13 bits per heavy atom. The minimum atomic E-state index is -1.71. The van der Waals surface area contributed by atoms with Gasteiger partial charge in [-0.2, -0.15) is 0 Å². The van der Waals surface area contributed by atoms with Gasteiger partial charge in [-0.3, -0.25) is 0 Å². The van der Waals surface area contributed by atoms with Crippen LogP contribution in [0, 0.1) is 0 Å².